The standard InChI is InChI=1S/C17H15ClN4/c1-19-11-16-17(21-22-20-16)14-4-2-3-13(10-14)9-12-5-7-15(18)8-6-12/h2-8,10-11H,9H2,1H3,(H,20,21,22)/b19-11+. The van der Waals surface area contributed by atoms with Crippen LogP contribution < -0.4 is 0 Å². The Hall–Kier alpha value is -2.46. The maximum atomic E-state index is 5.92. The zero-order chi connectivity index (χ0) is 15.4. The molecule has 0 amide bonds. The third-order valence-electron chi connectivity index (χ3n) is 3.36. The first-order valence-electron chi connectivity index (χ1n) is 6.93. The number of nitrogens with one attached hydrogen (secondary N) is 1. The van der Waals surface area contributed by atoms with Gasteiger partial charge in [0.1, 0.15) is 11.4 Å². The van der Waals surface area contributed by atoms with Gasteiger partial charge < -0.3 is 0 Å². The van der Waals surface area contributed by atoms with Gasteiger partial charge in [-0.1, -0.05) is 47.1 Å². The van der Waals surface area contributed by atoms with Gasteiger partial charge in [-0.15, -0.1) is 5.10 Å². The number of halogens is 1. The Labute approximate surface area is 133 Å². The van der Waals surface area contributed by atoms with Crippen molar-refractivity contribution in [3.8, 4) is 11.3 Å². The van der Waals surface area contributed by atoms with Gasteiger partial charge in [-0.2, -0.15) is 0 Å². The fourth-order valence-electron chi connectivity index (χ4n) is 2.33. The molecule has 0 radical (unpaired) electrons. The third kappa shape index (κ3) is 3.23. The fraction of sp³-hybridized carbons (Fsp3) is 0.118. The SMILES string of the molecule is C/N=C/c1[nH]nnc1-c1cccc(Cc2ccc(Cl)cc2)c1. The number of nitrogens with zero attached hydrogens (tertiary/aromatic N) is 3. The monoisotopic (exact) mass is 310 g/mol. The lowest BCUT2D eigenvalue weighted by Crippen LogP contribution is -1.91. The minimum Gasteiger partial charge on any atom is -0.294 e. The van der Waals surface area contributed by atoms with Gasteiger partial charge in [0.15, 0.2) is 0 Å². The van der Waals surface area contributed by atoms with Crippen LogP contribution in [0.2, 0.25) is 5.02 Å². The van der Waals surface area contributed by atoms with Gasteiger partial charge in [-0.05, 0) is 35.7 Å². The first-order valence-corrected chi connectivity index (χ1v) is 7.31. The number of aliphatic imine (C=N–C) groups is 1. The van der Waals surface area contributed by atoms with Crippen LogP contribution in [0.3, 0.4) is 0 Å². The van der Waals surface area contributed by atoms with Crippen LogP contribution in [-0.2, 0) is 6.42 Å². The Morgan fingerprint density at radius 1 is 1.14 bits per heavy atom. The summed E-state index contributed by atoms with van der Waals surface area (Å²) in [6, 6.07) is 16.2. The summed E-state index contributed by atoms with van der Waals surface area (Å²) < 4.78 is 0. The second kappa shape index (κ2) is 6.54. The Morgan fingerprint density at radius 3 is 2.73 bits per heavy atom. The van der Waals surface area contributed by atoms with Crippen LogP contribution in [0.4, 0.5) is 0 Å². The van der Waals surface area contributed by atoms with Gasteiger partial charge in [0.2, 0.25) is 0 Å². The lowest BCUT2D eigenvalue weighted by Gasteiger charge is -2.05. The van der Waals surface area contributed by atoms with Gasteiger partial charge >= 0.3 is 0 Å². The summed E-state index contributed by atoms with van der Waals surface area (Å²) in [6.45, 7) is 0. The van der Waals surface area contributed by atoms with Crippen molar-refractivity contribution in [2.75, 3.05) is 7.05 Å². The first-order chi connectivity index (χ1) is 10.8. The predicted molar refractivity (Wildman–Crippen MR) is 89.6 cm³/mol. The maximum Gasteiger partial charge on any atom is 0.121 e. The molecule has 3 aromatic rings. The van der Waals surface area contributed by atoms with Crippen LogP contribution in [0.1, 0.15) is 16.8 Å². The summed E-state index contributed by atoms with van der Waals surface area (Å²) in [7, 11) is 1.72. The number of hydrogen-bond acceptors (Lipinski definition) is 3. The molecule has 0 fully saturated rings. The summed E-state index contributed by atoms with van der Waals surface area (Å²) in [5.41, 5.74) is 5.07. The molecule has 4 nitrogen and oxygen atoms in total. The summed E-state index contributed by atoms with van der Waals surface area (Å²) in [5, 5.41) is 11.6. The Bertz CT molecular complexity index is 790. The van der Waals surface area contributed by atoms with Crippen LogP contribution in [0.5, 0.6) is 0 Å². The van der Waals surface area contributed by atoms with Gasteiger partial charge in [-0.3, -0.25) is 10.1 Å². The van der Waals surface area contributed by atoms with Crippen LogP contribution >= 0.6 is 11.6 Å². The van der Waals surface area contributed by atoms with Gasteiger partial charge in [0, 0.05) is 23.8 Å². The average Bonchev–Trinajstić information content (AvgIpc) is 2.99. The van der Waals surface area contributed by atoms with Crippen molar-refractivity contribution in [1.82, 2.24) is 15.4 Å². The molecule has 22 heavy (non-hydrogen) atoms. The van der Waals surface area contributed by atoms with E-state index in [-0.39, 0.29) is 0 Å². The Morgan fingerprint density at radius 2 is 1.95 bits per heavy atom. The van der Waals surface area contributed by atoms with E-state index < -0.39 is 0 Å². The van der Waals surface area contributed by atoms with Gasteiger partial charge in [-0.25, -0.2) is 0 Å². The van der Waals surface area contributed by atoms with E-state index in [0.29, 0.717) is 0 Å². The van der Waals surface area contributed by atoms with Crippen LogP contribution in [0.25, 0.3) is 11.3 Å². The van der Waals surface area contributed by atoms with E-state index in [1.807, 2.05) is 36.4 Å². The van der Waals surface area contributed by atoms with E-state index >= 15 is 0 Å². The van der Waals surface area contributed by atoms with Crippen molar-refractivity contribution in [2.24, 2.45) is 4.99 Å². The molecule has 5 heteroatoms. The number of aromatic amines is 1. The van der Waals surface area contributed by atoms with Crippen LogP contribution in [-0.4, -0.2) is 28.7 Å². The van der Waals surface area contributed by atoms with E-state index in [2.05, 4.69) is 32.5 Å². The lowest BCUT2D eigenvalue weighted by atomic mass is 10.0. The smallest absolute Gasteiger partial charge is 0.121 e. The molecule has 2 aromatic carbocycles. The molecule has 0 aliphatic carbocycles. The molecular weight excluding hydrogens is 296 g/mol. The minimum atomic E-state index is 0.753. The zero-order valence-electron chi connectivity index (χ0n) is 12.1. The van der Waals surface area contributed by atoms with Gasteiger partial charge in [0.25, 0.3) is 0 Å². The van der Waals surface area contributed by atoms with Crippen LogP contribution in [0, 0.1) is 0 Å². The predicted octanol–water partition coefficient (Wildman–Crippen LogP) is 3.76. The highest BCUT2D eigenvalue weighted by atomic mass is 35.5. The largest absolute Gasteiger partial charge is 0.294 e. The zero-order valence-corrected chi connectivity index (χ0v) is 12.9. The van der Waals surface area contributed by atoms with E-state index in [1.54, 1.807) is 13.3 Å². The highest BCUT2D eigenvalue weighted by molar-refractivity contribution is 6.30. The number of aromatic nitrogens is 3. The van der Waals surface area contributed by atoms with E-state index in [9.17, 15) is 0 Å². The maximum absolute atomic E-state index is 5.92. The lowest BCUT2D eigenvalue weighted by molar-refractivity contribution is 0.939. The molecule has 0 unspecified atom stereocenters. The molecule has 1 N–H and O–H groups in total. The Balaban J connectivity index is 1.89. The molecule has 0 bridgehead atoms. The number of H-pyrrole nitrogens is 1. The number of benzene rings is 2. The van der Waals surface area contributed by atoms with Crippen molar-refractivity contribution < 1.29 is 0 Å². The molecule has 3 rings (SSSR count). The molecule has 0 spiro atoms. The molecule has 1 aromatic heterocycles. The molecule has 110 valence electrons. The minimum absolute atomic E-state index is 0.753. The van der Waals surface area contributed by atoms with Crippen molar-refractivity contribution in [3.05, 3.63) is 70.4 Å². The van der Waals surface area contributed by atoms with Crippen molar-refractivity contribution >= 4 is 17.8 Å². The van der Waals surface area contributed by atoms with E-state index in [1.165, 1.54) is 11.1 Å². The Kier molecular flexibility index (Phi) is 4.30. The number of rotatable bonds is 4. The second-order valence-electron chi connectivity index (χ2n) is 4.97. The summed E-state index contributed by atoms with van der Waals surface area (Å²) in [4.78, 5) is 4.01. The number of hydrogen-bond donors (Lipinski definition) is 1. The average molecular weight is 311 g/mol. The topological polar surface area (TPSA) is 53.9 Å². The normalized spacial score (nSPS) is 11.2. The third-order valence-corrected chi connectivity index (χ3v) is 3.61. The molecule has 1 heterocycles. The molecule has 0 saturated heterocycles. The van der Waals surface area contributed by atoms with Gasteiger partial charge in [0.05, 0.1) is 0 Å². The molecule has 0 aliphatic heterocycles. The van der Waals surface area contributed by atoms with Crippen molar-refractivity contribution in [3.63, 3.8) is 0 Å². The molecular formula is C17H15ClN4. The highest BCUT2D eigenvalue weighted by Gasteiger charge is 2.08. The quantitative estimate of drug-likeness (QED) is 0.746. The second-order valence-corrected chi connectivity index (χ2v) is 5.40. The van der Waals surface area contributed by atoms with E-state index in [4.69, 9.17) is 11.6 Å². The van der Waals surface area contributed by atoms with Crippen molar-refractivity contribution in [2.45, 2.75) is 6.42 Å². The summed E-state index contributed by atoms with van der Waals surface area (Å²) in [6.07, 6.45) is 2.57. The van der Waals surface area contributed by atoms with Crippen LogP contribution in [0.15, 0.2) is 53.5 Å². The highest BCUT2D eigenvalue weighted by Crippen LogP contribution is 2.21. The first kappa shape index (κ1) is 14.5. The fourth-order valence-corrected chi connectivity index (χ4v) is 2.46. The molecule has 0 aliphatic rings. The summed E-state index contributed by atoms with van der Waals surface area (Å²) in [5.74, 6) is 0. The molecule has 0 saturated carbocycles. The molecule has 0 atom stereocenters. The van der Waals surface area contributed by atoms with Crippen molar-refractivity contribution in [1.29, 1.82) is 0 Å². The summed E-state index contributed by atoms with van der Waals surface area (Å²) >= 11 is 5.92. The van der Waals surface area contributed by atoms with E-state index in [0.717, 1.165) is 28.4 Å².